The fraction of sp³-hybridized carbons (Fsp3) is 0.348. The minimum absolute atomic E-state index is 0.0948. The number of nitrogens with zero attached hydrogens (tertiary/aromatic N) is 3. The molecule has 0 aliphatic carbocycles. The second-order valence-electron chi connectivity index (χ2n) is 7.86. The molecule has 1 unspecified atom stereocenters. The van der Waals surface area contributed by atoms with Crippen LogP contribution in [0.15, 0.2) is 36.7 Å². The normalized spacial score (nSPS) is 18.9. The first-order valence-electron chi connectivity index (χ1n) is 10.3. The molecular weight excluding hydrogens is 415 g/mol. The molecule has 1 aromatic heterocycles. The van der Waals surface area contributed by atoms with Crippen molar-refractivity contribution in [2.45, 2.75) is 24.9 Å². The molecule has 9 heteroatoms. The van der Waals surface area contributed by atoms with E-state index in [1.807, 2.05) is 0 Å². The molecule has 3 N–H and O–H groups in total. The number of aromatic nitrogens is 2. The van der Waals surface area contributed by atoms with Crippen LogP contribution in [-0.2, 0) is 5.60 Å². The summed E-state index contributed by atoms with van der Waals surface area (Å²) in [6.07, 6.45) is 2.66. The maximum absolute atomic E-state index is 13.4. The standard InChI is InChI=1S/C23H25FN4O4/c1-31-19-11-16-18(12-20(19)32-2)26-13-27-21(16)23(30)6-3-8-28(9-7-23)22(29)15-5-4-14(24)10-17(15)25/h4-5,10-13,30H,3,6-9,25H2,1-2H3. The van der Waals surface area contributed by atoms with Gasteiger partial charge >= 0.3 is 0 Å². The zero-order valence-corrected chi connectivity index (χ0v) is 18.0. The van der Waals surface area contributed by atoms with Gasteiger partial charge < -0.3 is 25.2 Å². The summed E-state index contributed by atoms with van der Waals surface area (Å²) in [5.41, 5.74) is 6.04. The molecule has 0 saturated carbocycles. The van der Waals surface area contributed by atoms with Crippen molar-refractivity contribution in [1.82, 2.24) is 14.9 Å². The Morgan fingerprint density at radius 2 is 1.88 bits per heavy atom. The monoisotopic (exact) mass is 440 g/mol. The van der Waals surface area contributed by atoms with Gasteiger partial charge in [0.15, 0.2) is 11.5 Å². The molecule has 2 heterocycles. The van der Waals surface area contributed by atoms with Crippen LogP contribution in [0.2, 0.25) is 0 Å². The molecule has 1 amide bonds. The van der Waals surface area contributed by atoms with E-state index in [9.17, 15) is 14.3 Å². The van der Waals surface area contributed by atoms with Crippen LogP contribution in [0.5, 0.6) is 11.5 Å². The van der Waals surface area contributed by atoms with E-state index in [-0.39, 0.29) is 23.6 Å². The molecule has 32 heavy (non-hydrogen) atoms. The number of rotatable bonds is 4. The van der Waals surface area contributed by atoms with Crippen molar-refractivity contribution in [3.05, 3.63) is 53.7 Å². The molecule has 1 aliphatic rings. The third-order valence-corrected chi connectivity index (χ3v) is 5.93. The molecule has 1 saturated heterocycles. The third kappa shape index (κ3) is 3.91. The largest absolute Gasteiger partial charge is 0.493 e. The fourth-order valence-corrected chi connectivity index (χ4v) is 4.21. The predicted octanol–water partition coefficient (Wildman–Crippen LogP) is 2.88. The van der Waals surface area contributed by atoms with Gasteiger partial charge in [0.05, 0.1) is 31.0 Å². The van der Waals surface area contributed by atoms with E-state index in [1.54, 1.807) is 24.1 Å². The number of aliphatic hydroxyl groups is 1. The number of nitrogen functional groups attached to an aromatic ring is 1. The van der Waals surface area contributed by atoms with Crippen molar-refractivity contribution in [2.24, 2.45) is 0 Å². The van der Waals surface area contributed by atoms with E-state index in [0.717, 1.165) is 6.07 Å². The van der Waals surface area contributed by atoms with Crippen molar-refractivity contribution in [2.75, 3.05) is 33.0 Å². The number of anilines is 1. The van der Waals surface area contributed by atoms with Crippen molar-refractivity contribution >= 4 is 22.5 Å². The van der Waals surface area contributed by atoms with Crippen LogP contribution >= 0.6 is 0 Å². The summed E-state index contributed by atoms with van der Waals surface area (Å²) >= 11 is 0. The van der Waals surface area contributed by atoms with Gasteiger partial charge in [-0.2, -0.15) is 0 Å². The summed E-state index contributed by atoms with van der Waals surface area (Å²) in [6.45, 7) is 0.739. The molecular formula is C23H25FN4O4. The van der Waals surface area contributed by atoms with Crippen LogP contribution in [-0.4, -0.2) is 53.2 Å². The highest BCUT2D eigenvalue weighted by Crippen LogP contribution is 2.39. The highest BCUT2D eigenvalue weighted by molar-refractivity contribution is 5.99. The van der Waals surface area contributed by atoms with Gasteiger partial charge in [0, 0.05) is 30.2 Å². The summed E-state index contributed by atoms with van der Waals surface area (Å²) in [5, 5.41) is 12.3. The first-order valence-corrected chi connectivity index (χ1v) is 10.3. The Kier molecular flexibility index (Phi) is 5.84. The number of likely N-dealkylation sites (tertiary alicyclic amines) is 1. The zero-order valence-electron chi connectivity index (χ0n) is 18.0. The topological polar surface area (TPSA) is 111 Å². The summed E-state index contributed by atoms with van der Waals surface area (Å²) in [5.74, 6) is 0.265. The van der Waals surface area contributed by atoms with Crippen LogP contribution in [0, 0.1) is 5.82 Å². The van der Waals surface area contributed by atoms with Crippen LogP contribution in [0.3, 0.4) is 0 Å². The van der Waals surface area contributed by atoms with Crippen LogP contribution < -0.4 is 15.2 Å². The van der Waals surface area contributed by atoms with Crippen LogP contribution in [0.25, 0.3) is 10.9 Å². The number of hydrogen-bond donors (Lipinski definition) is 2. The average Bonchev–Trinajstić information content (AvgIpc) is 2.99. The van der Waals surface area contributed by atoms with Gasteiger partial charge in [0.1, 0.15) is 17.7 Å². The molecule has 8 nitrogen and oxygen atoms in total. The highest BCUT2D eigenvalue weighted by Gasteiger charge is 2.36. The van der Waals surface area contributed by atoms with Gasteiger partial charge in [-0.3, -0.25) is 4.79 Å². The molecule has 3 aromatic rings. The Morgan fingerprint density at radius 3 is 2.59 bits per heavy atom. The number of carbonyl (C=O) groups excluding carboxylic acids is 1. The average molecular weight is 440 g/mol. The lowest BCUT2D eigenvalue weighted by Crippen LogP contribution is -2.34. The molecule has 0 bridgehead atoms. The first-order chi connectivity index (χ1) is 15.4. The summed E-state index contributed by atoms with van der Waals surface area (Å²) in [7, 11) is 3.09. The zero-order chi connectivity index (χ0) is 22.9. The smallest absolute Gasteiger partial charge is 0.255 e. The lowest BCUT2D eigenvalue weighted by atomic mass is 9.88. The van der Waals surface area contributed by atoms with Gasteiger partial charge in [-0.1, -0.05) is 0 Å². The number of methoxy groups -OCH3 is 2. The van der Waals surface area contributed by atoms with Crippen molar-refractivity contribution in [1.29, 1.82) is 0 Å². The molecule has 4 rings (SSSR count). The molecule has 0 radical (unpaired) electrons. The van der Waals surface area contributed by atoms with Gasteiger partial charge in [0.2, 0.25) is 0 Å². The molecule has 1 fully saturated rings. The van der Waals surface area contributed by atoms with E-state index in [0.29, 0.717) is 54.0 Å². The van der Waals surface area contributed by atoms with E-state index in [4.69, 9.17) is 15.2 Å². The van der Waals surface area contributed by atoms with E-state index >= 15 is 0 Å². The maximum atomic E-state index is 13.4. The predicted molar refractivity (Wildman–Crippen MR) is 117 cm³/mol. The minimum atomic E-state index is -1.26. The summed E-state index contributed by atoms with van der Waals surface area (Å²) < 4.78 is 24.1. The summed E-state index contributed by atoms with van der Waals surface area (Å²) in [6, 6.07) is 7.24. The van der Waals surface area contributed by atoms with Crippen molar-refractivity contribution in [3.63, 3.8) is 0 Å². The minimum Gasteiger partial charge on any atom is -0.493 e. The molecule has 1 atom stereocenters. The molecule has 2 aromatic carbocycles. The molecule has 1 aliphatic heterocycles. The Morgan fingerprint density at radius 1 is 1.12 bits per heavy atom. The number of benzene rings is 2. The number of amides is 1. The number of carbonyl (C=O) groups is 1. The molecule has 0 spiro atoms. The Balaban J connectivity index is 1.64. The number of hydrogen-bond acceptors (Lipinski definition) is 7. The second-order valence-corrected chi connectivity index (χ2v) is 7.86. The fourth-order valence-electron chi connectivity index (χ4n) is 4.21. The number of ether oxygens (including phenoxy) is 2. The SMILES string of the molecule is COc1cc2ncnc(C3(O)CCCN(C(=O)c4ccc(F)cc4N)CC3)c2cc1OC. The Hall–Kier alpha value is -3.46. The Labute approximate surface area is 184 Å². The lowest BCUT2D eigenvalue weighted by molar-refractivity contribution is 0.0185. The third-order valence-electron chi connectivity index (χ3n) is 5.93. The van der Waals surface area contributed by atoms with Crippen molar-refractivity contribution in [3.8, 4) is 11.5 Å². The number of halogens is 1. The highest BCUT2D eigenvalue weighted by atomic mass is 19.1. The van der Waals surface area contributed by atoms with Crippen LogP contribution in [0.1, 0.15) is 35.3 Å². The lowest BCUT2D eigenvalue weighted by Gasteiger charge is -2.27. The Bertz CT molecular complexity index is 1170. The van der Waals surface area contributed by atoms with Gasteiger partial charge in [0.25, 0.3) is 5.91 Å². The quantitative estimate of drug-likeness (QED) is 0.600. The van der Waals surface area contributed by atoms with Gasteiger partial charge in [-0.05, 0) is 43.5 Å². The van der Waals surface area contributed by atoms with E-state index in [1.165, 1.54) is 25.6 Å². The maximum Gasteiger partial charge on any atom is 0.255 e. The molecule has 168 valence electrons. The number of nitrogens with two attached hydrogens (primary N) is 1. The van der Waals surface area contributed by atoms with Gasteiger partial charge in [-0.25, -0.2) is 14.4 Å². The van der Waals surface area contributed by atoms with E-state index in [2.05, 4.69) is 9.97 Å². The second kappa shape index (κ2) is 8.58. The van der Waals surface area contributed by atoms with Gasteiger partial charge in [-0.15, -0.1) is 0 Å². The van der Waals surface area contributed by atoms with E-state index < -0.39 is 11.4 Å². The number of fused-ring (bicyclic) bond motifs is 1. The summed E-state index contributed by atoms with van der Waals surface area (Å²) in [4.78, 5) is 23.3. The first kappa shape index (κ1) is 21.8. The van der Waals surface area contributed by atoms with Crippen LogP contribution in [0.4, 0.5) is 10.1 Å². The van der Waals surface area contributed by atoms with Crippen molar-refractivity contribution < 1.29 is 23.8 Å².